The molecule has 0 aromatic heterocycles. The van der Waals surface area contributed by atoms with Gasteiger partial charge in [0.25, 0.3) is 0 Å². The number of hydrogen-bond donors (Lipinski definition) is 3. The van der Waals surface area contributed by atoms with Crippen LogP contribution in [0.25, 0.3) is 0 Å². The average Bonchev–Trinajstić information content (AvgIpc) is 2.09. The lowest BCUT2D eigenvalue weighted by atomic mass is 10.1. The Morgan fingerprint density at radius 1 is 1.67 bits per heavy atom. The van der Waals surface area contributed by atoms with Gasteiger partial charge in [-0.3, -0.25) is 0 Å². The van der Waals surface area contributed by atoms with Crippen molar-refractivity contribution in [2.45, 2.75) is 18.6 Å². The predicted octanol–water partition coefficient (Wildman–Crippen LogP) is -1.37. The van der Waals surface area contributed by atoms with Gasteiger partial charge in [0.15, 0.2) is 0 Å². The zero-order chi connectivity index (χ0) is 8.97. The second kappa shape index (κ2) is 4.77. The number of nitrogens with one attached hydrogen (secondary N) is 1. The van der Waals surface area contributed by atoms with Crippen LogP contribution in [0.3, 0.4) is 0 Å². The van der Waals surface area contributed by atoms with Gasteiger partial charge >= 0.3 is 0 Å². The van der Waals surface area contributed by atoms with E-state index in [0.717, 1.165) is 19.6 Å². The van der Waals surface area contributed by atoms with Crippen LogP contribution in [0.2, 0.25) is 0 Å². The van der Waals surface area contributed by atoms with E-state index in [1.807, 2.05) is 0 Å². The van der Waals surface area contributed by atoms with Crippen molar-refractivity contribution < 1.29 is 10.2 Å². The normalized spacial score (nSPS) is 28.8. The van der Waals surface area contributed by atoms with Crippen LogP contribution in [0.5, 0.6) is 0 Å². The lowest BCUT2D eigenvalue weighted by molar-refractivity contribution is 0.0555. The third kappa shape index (κ3) is 2.71. The minimum atomic E-state index is -0.572. The van der Waals surface area contributed by atoms with Gasteiger partial charge in [0, 0.05) is 25.7 Å². The van der Waals surface area contributed by atoms with Crippen molar-refractivity contribution in [3.8, 4) is 0 Å². The SMILES string of the molecule is CN1CCNCC1C[C@@H](O)CO. The van der Waals surface area contributed by atoms with Crippen LogP contribution in [0.15, 0.2) is 0 Å². The minimum absolute atomic E-state index is 0.135. The number of likely N-dealkylation sites (N-methyl/N-ethyl adjacent to an activating group) is 1. The van der Waals surface area contributed by atoms with E-state index in [1.54, 1.807) is 0 Å². The van der Waals surface area contributed by atoms with Crippen molar-refractivity contribution in [1.29, 1.82) is 0 Å². The topological polar surface area (TPSA) is 55.7 Å². The Hall–Kier alpha value is -0.160. The standard InChI is InChI=1S/C8H18N2O2/c1-10-3-2-9-5-7(10)4-8(12)6-11/h7-9,11-12H,2-6H2,1H3/t7?,8-/m1/s1. The molecule has 1 fully saturated rings. The van der Waals surface area contributed by atoms with Crippen molar-refractivity contribution in [3.05, 3.63) is 0 Å². The molecule has 1 unspecified atom stereocenters. The Morgan fingerprint density at radius 2 is 2.42 bits per heavy atom. The quantitative estimate of drug-likeness (QED) is 0.494. The molecule has 0 saturated carbocycles. The van der Waals surface area contributed by atoms with Crippen LogP contribution >= 0.6 is 0 Å². The minimum Gasteiger partial charge on any atom is -0.394 e. The lowest BCUT2D eigenvalue weighted by Crippen LogP contribution is -2.50. The molecule has 12 heavy (non-hydrogen) atoms. The second-order valence-electron chi connectivity index (χ2n) is 3.41. The van der Waals surface area contributed by atoms with E-state index in [4.69, 9.17) is 5.11 Å². The van der Waals surface area contributed by atoms with Crippen LogP contribution < -0.4 is 5.32 Å². The smallest absolute Gasteiger partial charge is 0.0786 e. The number of piperazine rings is 1. The number of rotatable bonds is 3. The molecule has 1 heterocycles. The molecule has 1 aliphatic rings. The first-order valence-electron chi connectivity index (χ1n) is 4.44. The third-order valence-electron chi connectivity index (χ3n) is 2.40. The fourth-order valence-electron chi connectivity index (χ4n) is 1.51. The molecule has 0 bridgehead atoms. The van der Waals surface area contributed by atoms with Gasteiger partial charge in [0.1, 0.15) is 0 Å². The Bertz CT molecular complexity index is 132. The highest BCUT2D eigenvalue weighted by Gasteiger charge is 2.20. The molecule has 1 saturated heterocycles. The van der Waals surface area contributed by atoms with Gasteiger partial charge in [-0.15, -0.1) is 0 Å². The van der Waals surface area contributed by atoms with Crippen LogP contribution in [-0.4, -0.2) is 60.5 Å². The molecular formula is C8H18N2O2. The summed E-state index contributed by atoms with van der Waals surface area (Å²) in [5.41, 5.74) is 0. The van der Waals surface area contributed by atoms with Gasteiger partial charge in [0.2, 0.25) is 0 Å². The number of aliphatic hydroxyl groups is 2. The number of aliphatic hydroxyl groups excluding tert-OH is 2. The van der Waals surface area contributed by atoms with Crippen molar-refractivity contribution in [2.24, 2.45) is 0 Å². The maximum absolute atomic E-state index is 9.22. The molecule has 0 aliphatic carbocycles. The zero-order valence-corrected chi connectivity index (χ0v) is 7.53. The Labute approximate surface area is 73.2 Å². The number of hydrogen-bond acceptors (Lipinski definition) is 4. The van der Waals surface area contributed by atoms with E-state index in [9.17, 15) is 5.11 Å². The molecular weight excluding hydrogens is 156 g/mol. The first-order chi connectivity index (χ1) is 5.74. The molecule has 4 nitrogen and oxygen atoms in total. The maximum Gasteiger partial charge on any atom is 0.0786 e. The number of nitrogens with zero attached hydrogens (tertiary/aromatic N) is 1. The van der Waals surface area contributed by atoms with E-state index in [-0.39, 0.29) is 6.61 Å². The van der Waals surface area contributed by atoms with Gasteiger partial charge in [-0.2, -0.15) is 0 Å². The second-order valence-corrected chi connectivity index (χ2v) is 3.41. The summed E-state index contributed by atoms with van der Waals surface area (Å²) in [5.74, 6) is 0. The molecule has 3 N–H and O–H groups in total. The van der Waals surface area contributed by atoms with Crippen LogP contribution in [0.4, 0.5) is 0 Å². The summed E-state index contributed by atoms with van der Waals surface area (Å²) in [6.07, 6.45) is 0.0809. The lowest BCUT2D eigenvalue weighted by Gasteiger charge is -2.33. The van der Waals surface area contributed by atoms with Gasteiger partial charge in [0.05, 0.1) is 12.7 Å². The molecule has 2 atom stereocenters. The van der Waals surface area contributed by atoms with Crippen molar-refractivity contribution in [2.75, 3.05) is 33.3 Å². The largest absolute Gasteiger partial charge is 0.394 e. The van der Waals surface area contributed by atoms with E-state index in [2.05, 4.69) is 17.3 Å². The van der Waals surface area contributed by atoms with Gasteiger partial charge in [-0.25, -0.2) is 0 Å². The van der Waals surface area contributed by atoms with Crippen LogP contribution in [0, 0.1) is 0 Å². The van der Waals surface area contributed by atoms with Crippen LogP contribution in [-0.2, 0) is 0 Å². The summed E-state index contributed by atoms with van der Waals surface area (Å²) in [7, 11) is 2.05. The molecule has 1 aliphatic heterocycles. The molecule has 4 heteroatoms. The zero-order valence-electron chi connectivity index (χ0n) is 7.53. The Kier molecular flexibility index (Phi) is 3.94. The summed E-state index contributed by atoms with van der Waals surface area (Å²) in [6, 6.07) is 0.362. The molecule has 0 aromatic carbocycles. The summed E-state index contributed by atoms with van der Waals surface area (Å²) in [6.45, 7) is 2.81. The molecule has 72 valence electrons. The van der Waals surface area contributed by atoms with Crippen molar-refractivity contribution >= 4 is 0 Å². The Balaban J connectivity index is 2.28. The highest BCUT2D eigenvalue weighted by Crippen LogP contribution is 2.06. The molecule has 0 aromatic rings. The average molecular weight is 174 g/mol. The maximum atomic E-state index is 9.22. The highest BCUT2D eigenvalue weighted by atomic mass is 16.3. The third-order valence-corrected chi connectivity index (χ3v) is 2.40. The summed E-state index contributed by atoms with van der Waals surface area (Å²) in [5, 5.41) is 21.1. The van der Waals surface area contributed by atoms with Crippen molar-refractivity contribution in [3.63, 3.8) is 0 Å². The van der Waals surface area contributed by atoms with E-state index >= 15 is 0 Å². The van der Waals surface area contributed by atoms with Gasteiger partial charge in [-0.05, 0) is 13.5 Å². The van der Waals surface area contributed by atoms with E-state index < -0.39 is 6.10 Å². The fourth-order valence-corrected chi connectivity index (χ4v) is 1.51. The Morgan fingerprint density at radius 3 is 3.00 bits per heavy atom. The monoisotopic (exact) mass is 174 g/mol. The first kappa shape index (κ1) is 9.92. The molecule has 1 rings (SSSR count). The van der Waals surface area contributed by atoms with Gasteiger partial charge < -0.3 is 20.4 Å². The summed E-state index contributed by atoms with van der Waals surface area (Å²) >= 11 is 0. The fraction of sp³-hybridized carbons (Fsp3) is 1.00. The van der Waals surface area contributed by atoms with E-state index in [1.165, 1.54) is 0 Å². The molecule has 0 radical (unpaired) electrons. The summed E-state index contributed by atoms with van der Waals surface area (Å²) in [4.78, 5) is 2.22. The van der Waals surface area contributed by atoms with Crippen molar-refractivity contribution in [1.82, 2.24) is 10.2 Å². The molecule has 0 spiro atoms. The van der Waals surface area contributed by atoms with Gasteiger partial charge in [-0.1, -0.05) is 0 Å². The summed E-state index contributed by atoms with van der Waals surface area (Å²) < 4.78 is 0. The van der Waals surface area contributed by atoms with E-state index in [0.29, 0.717) is 12.5 Å². The predicted molar refractivity (Wildman–Crippen MR) is 47.0 cm³/mol. The van der Waals surface area contributed by atoms with Crippen LogP contribution in [0.1, 0.15) is 6.42 Å². The molecule has 0 amide bonds. The highest BCUT2D eigenvalue weighted by molar-refractivity contribution is 4.79. The first-order valence-corrected chi connectivity index (χ1v) is 4.44.